The summed E-state index contributed by atoms with van der Waals surface area (Å²) in [4.78, 5) is 9.10. The molecule has 1 fully saturated rings. The van der Waals surface area contributed by atoms with Crippen LogP contribution in [-0.4, -0.2) is 58.5 Å². The monoisotopic (exact) mass is 472 g/mol. The van der Waals surface area contributed by atoms with Gasteiger partial charge in [0.1, 0.15) is 5.82 Å². The van der Waals surface area contributed by atoms with Crippen LogP contribution in [0.5, 0.6) is 0 Å². The lowest BCUT2D eigenvalue weighted by atomic mass is 9.92. The van der Waals surface area contributed by atoms with E-state index >= 15 is 0 Å². The van der Waals surface area contributed by atoms with Crippen molar-refractivity contribution in [3.63, 3.8) is 0 Å². The van der Waals surface area contributed by atoms with E-state index in [1.807, 2.05) is 41.1 Å². The van der Waals surface area contributed by atoms with Crippen LogP contribution in [0.1, 0.15) is 45.1 Å². The molecule has 33 heavy (non-hydrogen) atoms. The molecule has 1 aliphatic carbocycles. The van der Waals surface area contributed by atoms with Crippen molar-refractivity contribution in [2.45, 2.75) is 57.2 Å². The molecule has 0 amide bonds. The molecule has 0 spiro atoms. The molecule has 0 bridgehead atoms. The molecular formula is C23H32N6O3S. The zero-order chi connectivity index (χ0) is 23.8. The predicted molar refractivity (Wildman–Crippen MR) is 130 cm³/mol. The highest BCUT2D eigenvalue weighted by molar-refractivity contribution is 7.87. The maximum Gasteiger partial charge on any atom is 0.279 e. The molecule has 2 heterocycles. The average molecular weight is 473 g/mol. The number of anilines is 1. The van der Waals surface area contributed by atoms with E-state index in [0.29, 0.717) is 5.95 Å². The van der Waals surface area contributed by atoms with Crippen molar-refractivity contribution in [1.82, 2.24) is 23.6 Å². The van der Waals surface area contributed by atoms with Gasteiger partial charge in [-0.1, -0.05) is 12.1 Å². The molecule has 178 valence electrons. The molecule has 0 radical (unpaired) electrons. The fraction of sp³-hybridized carbons (Fsp3) is 0.478. The van der Waals surface area contributed by atoms with Crippen LogP contribution in [0.2, 0.25) is 0 Å². The Morgan fingerprint density at radius 2 is 1.79 bits per heavy atom. The number of hydrogen-bond donors (Lipinski definition) is 3. The van der Waals surface area contributed by atoms with Crippen molar-refractivity contribution >= 4 is 27.1 Å². The Balaban J connectivity index is 1.47. The second-order valence-corrected chi connectivity index (χ2v) is 11.2. The van der Waals surface area contributed by atoms with Gasteiger partial charge in [-0.2, -0.15) is 22.4 Å². The van der Waals surface area contributed by atoms with E-state index in [-0.39, 0.29) is 12.1 Å². The molecule has 3 aromatic rings. The minimum atomic E-state index is -3.42. The van der Waals surface area contributed by atoms with Crippen LogP contribution in [0.4, 0.5) is 5.95 Å². The summed E-state index contributed by atoms with van der Waals surface area (Å²) in [6.45, 7) is 3.57. The molecular weight excluding hydrogens is 440 g/mol. The molecule has 0 aliphatic heterocycles. The summed E-state index contributed by atoms with van der Waals surface area (Å²) >= 11 is 0. The van der Waals surface area contributed by atoms with Gasteiger partial charge in [-0.25, -0.2) is 4.98 Å². The van der Waals surface area contributed by atoms with Gasteiger partial charge in [0.15, 0.2) is 0 Å². The molecule has 10 heteroatoms. The first-order chi connectivity index (χ1) is 15.5. The molecule has 9 nitrogen and oxygen atoms in total. The van der Waals surface area contributed by atoms with E-state index in [9.17, 15) is 13.5 Å². The molecule has 0 saturated heterocycles. The van der Waals surface area contributed by atoms with Gasteiger partial charge in [0.05, 0.1) is 11.1 Å². The summed E-state index contributed by atoms with van der Waals surface area (Å²) in [5, 5.41) is 14.9. The number of benzene rings is 1. The van der Waals surface area contributed by atoms with Crippen molar-refractivity contribution < 1.29 is 13.5 Å². The van der Waals surface area contributed by atoms with Gasteiger partial charge in [0, 0.05) is 44.0 Å². The van der Waals surface area contributed by atoms with Crippen LogP contribution < -0.4 is 10.0 Å². The molecule has 0 atom stereocenters. The Bertz CT molecular complexity index is 1220. The Labute approximate surface area is 195 Å². The van der Waals surface area contributed by atoms with E-state index in [0.717, 1.165) is 48.0 Å². The first-order valence-electron chi connectivity index (χ1n) is 11.2. The first kappa shape index (κ1) is 23.6. The largest absolute Gasteiger partial charge is 0.386 e. The van der Waals surface area contributed by atoms with Crippen LogP contribution in [0.3, 0.4) is 0 Å². The molecule has 3 N–H and O–H groups in total. The maximum atomic E-state index is 12.1. The second-order valence-electron chi connectivity index (χ2n) is 9.32. The Hall–Kier alpha value is -2.53. The third-order valence-corrected chi connectivity index (χ3v) is 7.73. The van der Waals surface area contributed by atoms with Gasteiger partial charge >= 0.3 is 0 Å². The maximum absolute atomic E-state index is 12.1. The molecule has 0 unspecified atom stereocenters. The number of nitrogens with zero attached hydrogens (tertiary/aromatic N) is 4. The highest BCUT2D eigenvalue weighted by atomic mass is 32.2. The van der Waals surface area contributed by atoms with E-state index in [1.165, 1.54) is 18.4 Å². The SMILES string of the molecule is CN(C)S(=O)(=O)N[C@H]1CC[C@H](Nc2nccc(-n3ccc4c(C(C)(C)O)cccc43)n2)CC1. The van der Waals surface area contributed by atoms with Gasteiger partial charge in [0.25, 0.3) is 10.2 Å². The predicted octanol–water partition coefficient (Wildman–Crippen LogP) is 2.77. The highest BCUT2D eigenvalue weighted by Gasteiger charge is 2.26. The number of rotatable bonds is 7. The van der Waals surface area contributed by atoms with Crippen LogP contribution in [0, 0.1) is 0 Å². The fourth-order valence-electron chi connectivity index (χ4n) is 4.31. The number of fused-ring (bicyclic) bond motifs is 1. The lowest BCUT2D eigenvalue weighted by molar-refractivity contribution is 0.0802. The van der Waals surface area contributed by atoms with E-state index in [4.69, 9.17) is 4.98 Å². The summed E-state index contributed by atoms with van der Waals surface area (Å²) in [5.41, 5.74) is 0.893. The molecule has 1 aliphatic rings. The summed E-state index contributed by atoms with van der Waals surface area (Å²) < 4.78 is 30.1. The van der Waals surface area contributed by atoms with E-state index in [2.05, 4.69) is 15.0 Å². The summed E-state index contributed by atoms with van der Waals surface area (Å²) in [7, 11) is -0.361. The number of nitrogens with one attached hydrogen (secondary N) is 2. The van der Waals surface area contributed by atoms with Crippen molar-refractivity contribution in [2.75, 3.05) is 19.4 Å². The molecule has 1 aromatic carbocycles. The number of hydrogen-bond acceptors (Lipinski definition) is 6. The van der Waals surface area contributed by atoms with Crippen LogP contribution >= 0.6 is 0 Å². The number of aliphatic hydroxyl groups is 1. The Kier molecular flexibility index (Phi) is 6.45. The summed E-state index contributed by atoms with van der Waals surface area (Å²) in [6.07, 6.45) is 6.85. The number of aromatic nitrogens is 3. The van der Waals surface area contributed by atoms with Gasteiger partial charge in [0.2, 0.25) is 5.95 Å². The first-order valence-corrected chi connectivity index (χ1v) is 12.6. The van der Waals surface area contributed by atoms with E-state index < -0.39 is 15.8 Å². The molecule has 2 aromatic heterocycles. The Morgan fingerprint density at radius 1 is 1.09 bits per heavy atom. The lowest BCUT2D eigenvalue weighted by Crippen LogP contribution is -2.44. The highest BCUT2D eigenvalue weighted by Crippen LogP contribution is 2.30. The van der Waals surface area contributed by atoms with Crippen molar-refractivity contribution in [2.24, 2.45) is 0 Å². The topological polar surface area (TPSA) is 112 Å². The zero-order valence-corrected chi connectivity index (χ0v) is 20.3. The summed E-state index contributed by atoms with van der Waals surface area (Å²) in [6, 6.07) is 9.87. The molecule has 1 saturated carbocycles. The third kappa shape index (κ3) is 5.19. The van der Waals surface area contributed by atoms with Gasteiger partial charge in [-0.3, -0.25) is 0 Å². The van der Waals surface area contributed by atoms with Crippen molar-refractivity contribution in [3.05, 3.63) is 48.3 Å². The smallest absolute Gasteiger partial charge is 0.279 e. The van der Waals surface area contributed by atoms with Crippen LogP contribution in [0.25, 0.3) is 16.7 Å². The van der Waals surface area contributed by atoms with Gasteiger partial charge in [-0.15, -0.1) is 0 Å². The van der Waals surface area contributed by atoms with E-state index in [1.54, 1.807) is 20.0 Å². The minimum absolute atomic E-state index is 0.0566. The van der Waals surface area contributed by atoms with Crippen LogP contribution in [0.15, 0.2) is 42.7 Å². The quantitative estimate of drug-likeness (QED) is 0.487. The van der Waals surface area contributed by atoms with Gasteiger partial charge in [-0.05, 0) is 63.3 Å². The fourth-order valence-corrected chi connectivity index (χ4v) is 5.18. The lowest BCUT2D eigenvalue weighted by Gasteiger charge is -2.30. The zero-order valence-electron chi connectivity index (χ0n) is 19.5. The van der Waals surface area contributed by atoms with Crippen molar-refractivity contribution in [3.8, 4) is 5.82 Å². The normalized spacial score (nSPS) is 19.8. The summed E-state index contributed by atoms with van der Waals surface area (Å²) in [5.74, 6) is 1.29. The standard InChI is InChI=1S/C23H32N6O3S/c1-23(2,30)19-6-5-7-20-18(19)13-15-29(20)21-12-14-24-22(26-21)25-16-8-10-17(11-9-16)27-33(31,32)28(3)4/h5-7,12-17,27,30H,8-11H2,1-4H3,(H,24,25,26)/t16-,17-. The van der Waals surface area contributed by atoms with Gasteiger partial charge < -0.3 is 15.0 Å². The second kappa shape index (κ2) is 9.02. The average Bonchev–Trinajstić information content (AvgIpc) is 3.18. The van der Waals surface area contributed by atoms with Crippen molar-refractivity contribution in [1.29, 1.82) is 0 Å². The minimum Gasteiger partial charge on any atom is -0.386 e. The molecule has 4 rings (SSSR count). The third-order valence-electron chi connectivity index (χ3n) is 6.14. The van der Waals surface area contributed by atoms with Crippen LogP contribution in [-0.2, 0) is 15.8 Å². The Morgan fingerprint density at radius 3 is 2.45 bits per heavy atom.